The molecule has 0 saturated heterocycles. The summed E-state index contributed by atoms with van der Waals surface area (Å²) in [5.74, 6) is 3.66. The molecular formula is C28H25N5O3. The first-order chi connectivity index (χ1) is 17.5. The molecule has 6 rings (SSSR count). The van der Waals surface area contributed by atoms with E-state index >= 15 is 0 Å². The van der Waals surface area contributed by atoms with Gasteiger partial charge in [0, 0.05) is 32.9 Å². The van der Waals surface area contributed by atoms with Crippen LogP contribution in [-0.4, -0.2) is 34.3 Å². The lowest BCUT2D eigenvalue weighted by Gasteiger charge is -2.13. The number of aromatic nitrogens is 4. The van der Waals surface area contributed by atoms with Gasteiger partial charge in [-0.3, -0.25) is 0 Å². The Morgan fingerprint density at radius 2 is 1.64 bits per heavy atom. The van der Waals surface area contributed by atoms with Crippen LogP contribution in [0.25, 0.3) is 43.8 Å². The van der Waals surface area contributed by atoms with E-state index in [2.05, 4.69) is 32.6 Å². The first-order valence-electron chi connectivity index (χ1n) is 11.6. The van der Waals surface area contributed by atoms with E-state index in [-0.39, 0.29) is 0 Å². The van der Waals surface area contributed by atoms with Crippen molar-refractivity contribution in [3.63, 3.8) is 0 Å². The van der Waals surface area contributed by atoms with Crippen molar-refractivity contribution in [1.29, 1.82) is 0 Å². The molecule has 0 bridgehead atoms. The van der Waals surface area contributed by atoms with Gasteiger partial charge in [-0.25, -0.2) is 9.97 Å². The topological polar surface area (TPSA) is 98.1 Å². The summed E-state index contributed by atoms with van der Waals surface area (Å²) in [6.45, 7) is 5.72. The Kier molecular flexibility index (Phi) is 5.03. The molecule has 6 aromatic rings. The van der Waals surface area contributed by atoms with E-state index in [0.717, 1.165) is 72.5 Å². The standard InChI is InChI=1S/C28H25N5O3/c1-14-25(15(2)36-33-14)20-12-22-19(13-24(20)35-5)26-27(29-16(3)30-28(26)32-22)31-21-10-11-23(34-4)18-9-7-6-8-17(18)21/h6-13H,1-5H3,(H2,29,30,31,32). The van der Waals surface area contributed by atoms with Crippen LogP contribution >= 0.6 is 0 Å². The second kappa shape index (κ2) is 8.27. The molecule has 36 heavy (non-hydrogen) atoms. The number of H-pyrrole nitrogens is 1. The Morgan fingerprint density at radius 1 is 0.861 bits per heavy atom. The summed E-state index contributed by atoms with van der Waals surface area (Å²) < 4.78 is 16.8. The number of benzene rings is 3. The second-order valence-corrected chi connectivity index (χ2v) is 8.75. The van der Waals surface area contributed by atoms with Gasteiger partial charge in [-0.2, -0.15) is 0 Å². The summed E-state index contributed by atoms with van der Waals surface area (Å²) in [5, 5.41) is 11.6. The molecule has 0 saturated carbocycles. The number of ether oxygens (including phenoxy) is 2. The molecule has 0 aliphatic heterocycles. The van der Waals surface area contributed by atoms with Gasteiger partial charge in [0.2, 0.25) is 0 Å². The number of hydrogen-bond donors (Lipinski definition) is 2. The number of aromatic amines is 1. The summed E-state index contributed by atoms with van der Waals surface area (Å²) in [6.07, 6.45) is 0. The molecule has 0 fully saturated rings. The first-order valence-corrected chi connectivity index (χ1v) is 11.6. The molecule has 8 heteroatoms. The summed E-state index contributed by atoms with van der Waals surface area (Å²) in [7, 11) is 3.35. The summed E-state index contributed by atoms with van der Waals surface area (Å²) >= 11 is 0. The zero-order valence-corrected chi connectivity index (χ0v) is 20.7. The van der Waals surface area contributed by atoms with Gasteiger partial charge in [-0.05, 0) is 45.0 Å². The van der Waals surface area contributed by atoms with Crippen LogP contribution < -0.4 is 14.8 Å². The monoisotopic (exact) mass is 479 g/mol. The molecule has 8 nitrogen and oxygen atoms in total. The first kappa shape index (κ1) is 21.9. The molecule has 3 aromatic carbocycles. The van der Waals surface area contributed by atoms with Crippen LogP contribution in [0, 0.1) is 20.8 Å². The molecule has 0 amide bonds. The number of methoxy groups -OCH3 is 2. The Bertz CT molecular complexity index is 1760. The molecule has 180 valence electrons. The van der Waals surface area contributed by atoms with E-state index in [9.17, 15) is 0 Å². The van der Waals surface area contributed by atoms with Crippen molar-refractivity contribution in [2.75, 3.05) is 19.5 Å². The summed E-state index contributed by atoms with van der Waals surface area (Å²) in [5.41, 5.74) is 5.25. The van der Waals surface area contributed by atoms with E-state index in [0.29, 0.717) is 11.6 Å². The number of anilines is 2. The Balaban J connectivity index is 1.58. The fraction of sp³-hybridized carbons (Fsp3) is 0.179. The van der Waals surface area contributed by atoms with E-state index in [1.54, 1.807) is 14.2 Å². The van der Waals surface area contributed by atoms with Crippen LogP contribution in [0.5, 0.6) is 11.5 Å². The highest BCUT2D eigenvalue weighted by Gasteiger charge is 2.21. The summed E-state index contributed by atoms with van der Waals surface area (Å²) in [4.78, 5) is 12.9. The van der Waals surface area contributed by atoms with E-state index in [1.807, 2.05) is 57.2 Å². The minimum Gasteiger partial charge on any atom is -0.496 e. The minimum absolute atomic E-state index is 0.660. The van der Waals surface area contributed by atoms with E-state index < -0.39 is 0 Å². The predicted octanol–water partition coefficient (Wildman–Crippen LogP) is 6.61. The molecule has 0 spiro atoms. The molecule has 0 radical (unpaired) electrons. The minimum atomic E-state index is 0.660. The van der Waals surface area contributed by atoms with Crippen molar-refractivity contribution < 1.29 is 14.0 Å². The number of fused-ring (bicyclic) bond motifs is 4. The molecule has 0 aliphatic rings. The third kappa shape index (κ3) is 3.33. The molecule has 3 heterocycles. The van der Waals surface area contributed by atoms with Gasteiger partial charge in [-0.1, -0.05) is 29.4 Å². The number of nitrogens with one attached hydrogen (secondary N) is 2. The number of hydrogen-bond acceptors (Lipinski definition) is 7. The quantitative estimate of drug-likeness (QED) is 0.287. The Morgan fingerprint density at radius 3 is 2.36 bits per heavy atom. The van der Waals surface area contributed by atoms with Crippen molar-refractivity contribution in [2.45, 2.75) is 20.8 Å². The molecule has 0 aliphatic carbocycles. The van der Waals surface area contributed by atoms with Gasteiger partial charge < -0.3 is 24.3 Å². The fourth-order valence-electron chi connectivity index (χ4n) is 4.94. The number of nitrogens with zero attached hydrogens (tertiary/aromatic N) is 3. The van der Waals surface area contributed by atoms with Gasteiger partial charge in [0.15, 0.2) is 0 Å². The maximum absolute atomic E-state index is 5.81. The zero-order valence-electron chi connectivity index (χ0n) is 20.7. The fourth-order valence-corrected chi connectivity index (χ4v) is 4.94. The Labute approximate surface area is 207 Å². The van der Waals surface area contributed by atoms with Gasteiger partial charge >= 0.3 is 0 Å². The average molecular weight is 480 g/mol. The molecule has 2 N–H and O–H groups in total. The van der Waals surface area contributed by atoms with Gasteiger partial charge in [0.05, 0.1) is 30.9 Å². The zero-order chi connectivity index (χ0) is 25.0. The molecular weight excluding hydrogens is 454 g/mol. The highest BCUT2D eigenvalue weighted by atomic mass is 16.5. The van der Waals surface area contributed by atoms with Crippen LogP contribution in [0.2, 0.25) is 0 Å². The number of rotatable bonds is 5. The third-order valence-corrected chi connectivity index (χ3v) is 6.54. The Hall–Kier alpha value is -4.59. The lowest BCUT2D eigenvalue weighted by atomic mass is 10.0. The third-order valence-electron chi connectivity index (χ3n) is 6.54. The van der Waals surface area contributed by atoms with E-state index in [1.165, 1.54) is 0 Å². The van der Waals surface area contributed by atoms with Crippen LogP contribution in [0.1, 0.15) is 17.3 Å². The molecule has 0 unspecified atom stereocenters. The maximum Gasteiger partial charge on any atom is 0.144 e. The van der Waals surface area contributed by atoms with Crippen molar-refractivity contribution in [1.82, 2.24) is 20.1 Å². The molecule has 3 aromatic heterocycles. The highest BCUT2D eigenvalue weighted by Crippen LogP contribution is 2.41. The van der Waals surface area contributed by atoms with Crippen molar-refractivity contribution in [2.24, 2.45) is 0 Å². The smallest absolute Gasteiger partial charge is 0.144 e. The van der Waals surface area contributed by atoms with Crippen LogP contribution in [0.3, 0.4) is 0 Å². The van der Waals surface area contributed by atoms with Crippen molar-refractivity contribution in [3.05, 3.63) is 65.8 Å². The predicted molar refractivity (Wildman–Crippen MR) is 141 cm³/mol. The van der Waals surface area contributed by atoms with Crippen LogP contribution in [0.4, 0.5) is 11.5 Å². The van der Waals surface area contributed by atoms with Crippen molar-refractivity contribution >= 4 is 44.2 Å². The largest absolute Gasteiger partial charge is 0.496 e. The molecule has 0 atom stereocenters. The average Bonchev–Trinajstić information content (AvgIpc) is 3.41. The van der Waals surface area contributed by atoms with E-state index in [4.69, 9.17) is 19.0 Å². The lowest BCUT2D eigenvalue weighted by molar-refractivity contribution is 0.393. The van der Waals surface area contributed by atoms with Crippen LogP contribution in [0.15, 0.2) is 53.1 Å². The maximum atomic E-state index is 5.81. The normalized spacial score (nSPS) is 11.5. The second-order valence-electron chi connectivity index (χ2n) is 8.75. The van der Waals surface area contributed by atoms with Crippen molar-refractivity contribution in [3.8, 4) is 22.6 Å². The highest BCUT2D eigenvalue weighted by molar-refractivity contribution is 6.14. The van der Waals surface area contributed by atoms with Gasteiger partial charge in [0.1, 0.15) is 34.5 Å². The van der Waals surface area contributed by atoms with Gasteiger partial charge in [0.25, 0.3) is 0 Å². The number of aryl methyl sites for hydroxylation is 3. The summed E-state index contributed by atoms with van der Waals surface area (Å²) in [6, 6.07) is 16.2. The van der Waals surface area contributed by atoms with Gasteiger partial charge in [-0.15, -0.1) is 0 Å². The lowest BCUT2D eigenvalue weighted by Crippen LogP contribution is -1.99. The SMILES string of the molecule is COc1cc2c(cc1-c1c(C)noc1C)[nH]c1nc(C)nc(Nc3ccc(OC)c4ccccc34)c12. The van der Waals surface area contributed by atoms with Crippen LogP contribution in [-0.2, 0) is 0 Å².